The van der Waals surface area contributed by atoms with Gasteiger partial charge in [-0.05, 0) is 35.8 Å². The SMILES string of the molecule is CC(C)C[C@H](NC(=O)OCc1ccccc1)C(=O)N[C@@H](CC(C)C)C(=O)N[C@H](C=O)c1ccccc1. The Kier molecular flexibility index (Phi) is 11.6. The smallest absolute Gasteiger partial charge is 0.408 e. The number of rotatable bonds is 13. The molecule has 2 aromatic carbocycles. The summed E-state index contributed by atoms with van der Waals surface area (Å²) >= 11 is 0. The van der Waals surface area contributed by atoms with Gasteiger partial charge in [-0.1, -0.05) is 88.4 Å². The van der Waals surface area contributed by atoms with Crippen LogP contribution in [0.5, 0.6) is 0 Å². The Morgan fingerprint density at radius 1 is 0.750 bits per heavy atom. The Hall–Kier alpha value is -3.68. The minimum atomic E-state index is -0.883. The van der Waals surface area contributed by atoms with E-state index >= 15 is 0 Å². The van der Waals surface area contributed by atoms with Crippen molar-refractivity contribution in [3.8, 4) is 0 Å². The molecule has 3 amide bonds. The maximum atomic E-state index is 13.2. The Balaban J connectivity index is 2.07. The lowest BCUT2D eigenvalue weighted by molar-refractivity contribution is -0.131. The van der Waals surface area contributed by atoms with Crippen LogP contribution >= 0.6 is 0 Å². The van der Waals surface area contributed by atoms with E-state index in [0.717, 1.165) is 5.56 Å². The predicted molar refractivity (Wildman–Crippen MR) is 138 cm³/mol. The molecule has 2 aromatic rings. The fourth-order valence-electron chi connectivity index (χ4n) is 3.70. The summed E-state index contributed by atoms with van der Waals surface area (Å²) in [6.07, 6.45) is 0.677. The third-order valence-corrected chi connectivity index (χ3v) is 5.46. The second kappa shape index (κ2) is 14.7. The van der Waals surface area contributed by atoms with Crippen molar-refractivity contribution in [2.75, 3.05) is 0 Å². The molecule has 0 aliphatic heterocycles. The molecule has 8 nitrogen and oxygen atoms in total. The zero-order valence-electron chi connectivity index (χ0n) is 21.4. The Labute approximate surface area is 213 Å². The van der Waals surface area contributed by atoms with Crippen molar-refractivity contribution >= 4 is 24.2 Å². The summed E-state index contributed by atoms with van der Waals surface area (Å²) in [6.45, 7) is 7.82. The van der Waals surface area contributed by atoms with Crippen LogP contribution in [0.3, 0.4) is 0 Å². The normalized spacial score (nSPS) is 13.4. The van der Waals surface area contributed by atoms with E-state index in [-0.39, 0.29) is 18.4 Å². The summed E-state index contributed by atoms with van der Waals surface area (Å²) in [7, 11) is 0. The van der Waals surface area contributed by atoms with Crippen molar-refractivity contribution in [2.45, 2.75) is 65.3 Å². The molecule has 2 rings (SSSR count). The van der Waals surface area contributed by atoms with Crippen LogP contribution < -0.4 is 16.0 Å². The minimum Gasteiger partial charge on any atom is -0.445 e. The van der Waals surface area contributed by atoms with E-state index in [0.29, 0.717) is 24.7 Å². The molecule has 0 saturated heterocycles. The number of hydrogen-bond acceptors (Lipinski definition) is 5. The van der Waals surface area contributed by atoms with Crippen LogP contribution in [0.1, 0.15) is 57.7 Å². The molecule has 194 valence electrons. The summed E-state index contributed by atoms with van der Waals surface area (Å²) in [5.41, 5.74) is 1.48. The Bertz CT molecular complexity index is 979. The largest absolute Gasteiger partial charge is 0.445 e. The number of hydrogen-bond donors (Lipinski definition) is 3. The molecule has 0 unspecified atom stereocenters. The van der Waals surface area contributed by atoms with E-state index in [9.17, 15) is 19.2 Å². The molecule has 0 fully saturated rings. The van der Waals surface area contributed by atoms with E-state index in [1.54, 1.807) is 24.3 Å². The van der Waals surface area contributed by atoms with Gasteiger partial charge in [-0.3, -0.25) is 9.59 Å². The highest BCUT2D eigenvalue weighted by atomic mass is 16.5. The van der Waals surface area contributed by atoms with E-state index in [1.807, 2.05) is 64.1 Å². The number of nitrogens with one attached hydrogen (secondary N) is 3. The maximum Gasteiger partial charge on any atom is 0.408 e. The first-order valence-corrected chi connectivity index (χ1v) is 12.3. The lowest BCUT2D eigenvalue weighted by Gasteiger charge is -2.26. The minimum absolute atomic E-state index is 0.0770. The van der Waals surface area contributed by atoms with Crippen molar-refractivity contribution in [1.82, 2.24) is 16.0 Å². The summed E-state index contributed by atoms with van der Waals surface area (Å²) in [4.78, 5) is 50.3. The average molecular weight is 496 g/mol. The molecule has 0 aliphatic rings. The molecule has 0 bridgehead atoms. The summed E-state index contributed by atoms with van der Waals surface area (Å²) < 4.78 is 5.28. The highest BCUT2D eigenvalue weighted by Gasteiger charge is 2.29. The van der Waals surface area contributed by atoms with E-state index in [4.69, 9.17) is 4.74 Å². The second-order valence-corrected chi connectivity index (χ2v) is 9.61. The standard InChI is InChI=1S/C28H37N3O5/c1-19(2)15-23(26(33)30-25(17-32)22-13-9-6-10-14-22)29-27(34)24(16-20(3)4)31-28(35)36-18-21-11-7-5-8-12-21/h5-14,17,19-20,23-25H,15-16,18H2,1-4H3,(H,29,34)(H,30,33)(H,31,35)/t23-,24-,25+/m0/s1. The molecule has 0 aromatic heterocycles. The molecule has 0 saturated carbocycles. The van der Waals surface area contributed by atoms with Crippen molar-refractivity contribution in [2.24, 2.45) is 11.8 Å². The van der Waals surface area contributed by atoms with Crippen LogP contribution in [0.2, 0.25) is 0 Å². The molecule has 0 heterocycles. The number of carbonyl (C=O) groups is 4. The van der Waals surface area contributed by atoms with Gasteiger partial charge in [-0.25, -0.2) is 4.79 Å². The van der Waals surface area contributed by atoms with Gasteiger partial charge in [0.15, 0.2) is 0 Å². The highest BCUT2D eigenvalue weighted by Crippen LogP contribution is 2.13. The summed E-state index contributed by atoms with van der Waals surface area (Å²) in [5.74, 6) is -0.749. The van der Waals surface area contributed by atoms with Crippen molar-refractivity contribution < 1.29 is 23.9 Å². The lowest BCUT2D eigenvalue weighted by atomic mass is 9.99. The number of alkyl carbamates (subject to hydrolysis) is 1. The van der Waals surface area contributed by atoms with Gasteiger partial charge in [0.2, 0.25) is 11.8 Å². The Morgan fingerprint density at radius 2 is 1.25 bits per heavy atom. The number of carbonyl (C=O) groups excluding carboxylic acids is 4. The van der Waals surface area contributed by atoms with Gasteiger partial charge in [0.1, 0.15) is 31.0 Å². The first-order chi connectivity index (χ1) is 17.2. The molecule has 3 N–H and O–H groups in total. The molecule has 0 radical (unpaired) electrons. The number of amides is 3. The zero-order chi connectivity index (χ0) is 26.5. The van der Waals surface area contributed by atoms with Crippen LogP contribution in [-0.2, 0) is 25.7 Å². The van der Waals surface area contributed by atoms with Crippen LogP contribution in [0.15, 0.2) is 60.7 Å². The quantitative estimate of drug-likeness (QED) is 0.365. The van der Waals surface area contributed by atoms with Gasteiger partial charge in [0, 0.05) is 0 Å². The molecule has 8 heteroatoms. The van der Waals surface area contributed by atoms with Crippen molar-refractivity contribution in [3.05, 3.63) is 71.8 Å². The van der Waals surface area contributed by atoms with Gasteiger partial charge in [0.25, 0.3) is 0 Å². The number of benzene rings is 2. The van der Waals surface area contributed by atoms with E-state index in [2.05, 4.69) is 16.0 Å². The monoisotopic (exact) mass is 495 g/mol. The number of aldehydes is 1. The van der Waals surface area contributed by atoms with E-state index < -0.39 is 36.0 Å². The van der Waals surface area contributed by atoms with Crippen LogP contribution in [0.25, 0.3) is 0 Å². The van der Waals surface area contributed by atoms with Gasteiger partial charge >= 0.3 is 6.09 Å². The third kappa shape index (κ3) is 9.90. The first kappa shape index (κ1) is 28.6. The fraction of sp³-hybridized carbons (Fsp3) is 0.429. The molecule has 0 aliphatic carbocycles. The van der Waals surface area contributed by atoms with Crippen molar-refractivity contribution in [1.29, 1.82) is 0 Å². The maximum absolute atomic E-state index is 13.2. The molecular weight excluding hydrogens is 458 g/mol. The summed E-state index contributed by atoms with van der Waals surface area (Å²) in [5, 5.41) is 8.13. The van der Waals surface area contributed by atoms with Gasteiger partial charge < -0.3 is 25.5 Å². The molecule has 36 heavy (non-hydrogen) atoms. The topological polar surface area (TPSA) is 114 Å². The van der Waals surface area contributed by atoms with Crippen LogP contribution in [0.4, 0.5) is 4.79 Å². The highest BCUT2D eigenvalue weighted by molar-refractivity contribution is 5.92. The Morgan fingerprint density at radius 3 is 1.78 bits per heavy atom. The average Bonchev–Trinajstić information content (AvgIpc) is 2.85. The number of ether oxygens (including phenoxy) is 1. The van der Waals surface area contributed by atoms with Gasteiger partial charge in [0.05, 0.1) is 0 Å². The fourth-order valence-corrected chi connectivity index (χ4v) is 3.70. The molecular formula is C28H37N3O5. The zero-order valence-corrected chi connectivity index (χ0v) is 21.4. The second-order valence-electron chi connectivity index (χ2n) is 9.61. The summed E-state index contributed by atoms with van der Waals surface area (Å²) in [6, 6.07) is 15.5. The van der Waals surface area contributed by atoms with Crippen molar-refractivity contribution in [3.63, 3.8) is 0 Å². The third-order valence-electron chi connectivity index (χ3n) is 5.46. The van der Waals surface area contributed by atoms with Crippen LogP contribution in [0, 0.1) is 11.8 Å². The van der Waals surface area contributed by atoms with E-state index in [1.165, 1.54) is 0 Å². The molecule has 0 spiro atoms. The van der Waals surface area contributed by atoms with Crippen LogP contribution in [-0.4, -0.2) is 36.3 Å². The first-order valence-electron chi connectivity index (χ1n) is 12.3. The molecule has 3 atom stereocenters. The van der Waals surface area contributed by atoms with Gasteiger partial charge in [-0.15, -0.1) is 0 Å². The van der Waals surface area contributed by atoms with Gasteiger partial charge in [-0.2, -0.15) is 0 Å². The predicted octanol–water partition coefficient (Wildman–Crippen LogP) is 3.91. The lowest BCUT2D eigenvalue weighted by Crippen LogP contribution is -2.54.